The Balaban J connectivity index is 0.949. The van der Waals surface area contributed by atoms with Gasteiger partial charge in [0.1, 0.15) is 0 Å². The summed E-state index contributed by atoms with van der Waals surface area (Å²) in [5.74, 6) is 0. The van der Waals surface area contributed by atoms with Crippen LogP contribution in [-0.2, 0) is 0 Å². The van der Waals surface area contributed by atoms with Crippen LogP contribution in [0.15, 0.2) is 218 Å². The van der Waals surface area contributed by atoms with Gasteiger partial charge in [0.15, 0.2) is 0 Å². The maximum atomic E-state index is 2.36. The van der Waals surface area contributed by atoms with E-state index in [1.165, 1.54) is 71.6 Å². The summed E-state index contributed by atoms with van der Waals surface area (Å²) in [6, 6.07) is 78.7. The van der Waals surface area contributed by atoms with Crippen molar-refractivity contribution in [3.63, 3.8) is 0 Å². The van der Waals surface area contributed by atoms with Crippen LogP contribution in [0.3, 0.4) is 0 Å². The molecule has 54 heavy (non-hydrogen) atoms. The first-order chi connectivity index (χ1) is 26.8. The lowest BCUT2D eigenvalue weighted by atomic mass is 9.98. The number of hydrogen-bond donors (Lipinski definition) is 0. The molecule has 0 radical (unpaired) electrons. The summed E-state index contributed by atoms with van der Waals surface area (Å²) >= 11 is 0. The molecule has 0 atom stereocenters. The molecule has 2 nitrogen and oxygen atoms in total. The van der Waals surface area contributed by atoms with Crippen LogP contribution in [0.1, 0.15) is 0 Å². The van der Waals surface area contributed by atoms with Crippen molar-refractivity contribution >= 4 is 49.6 Å². The van der Waals surface area contributed by atoms with Gasteiger partial charge in [-0.05, 0) is 111 Å². The Morgan fingerprint density at radius 1 is 0.296 bits per heavy atom. The van der Waals surface area contributed by atoms with Crippen LogP contribution >= 0.6 is 0 Å². The highest BCUT2D eigenvalue weighted by molar-refractivity contribution is 6.10. The molecule has 0 bridgehead atoms. The summed E-state index contributed by atoms with van der Waals surface area (Å²) in [6.45, 7) is 0. The first-order valence-corrected chi connectivity index (χ1v) is 18.5. The molecule has 0 spiro atoms. The van der Waals surface area contributed by atoms with Crippen LogP contribution in [-0.4, -0.2) is 4.57 Å². The number of aromatic nitrogens is 1. The molecule has 9 aromatic carbocycles. The maximum absolute atomic E-state index is 2.36. The van der Waals surface area contributed by atoms with E-state index in [1.54, 1.807) is 0 Å². The third-order valence-corrected chi connectivity index (χ3v) is 10.6. The van der Waals surface area contributed by atoms with Crippen molar-refractivity contribution < 1.29 is 0 Å². The predicted molar refractivity (Wildman–Crippen MR) is 229 cm³/mol. The van der Waals surface area contributed by atoms with E-state index in [0.29, 0.717) is 0 Å². The van der Waals surface area contributed by atoms with E-state index < -0.39 is 0 Å². The molecule has 0 amide bonds. The zero-order chi connectivity index (χ0) is 35.8. The molecule has 254 valence electrons. The molecular formula is C52H36N2. The van der Waals surface area contributed by atoms with Crippen molar-refractivity contribution in [1.29, 1.82) is 0 Å². The van der Waals surface area contributed by atoms with Crippen molar-refractivity contribution in [2.45, 2.75) is 0 Å². The second-order valence-electron chi connectivity index (χ2n) is 13.8. The fourth-order valence-corrected chi connectivity index (χ4v) is 7.96. The van der Waals surface area contributed by atoms with Gasteiger partial charge in [0.05, 0.1) is 11.0 Å². The highest BCUT2D eigenvalue weighted by Gasteiger charge is 2.15. The summed E-state index contributed by atoms with van der Waals surface area (Å²) < 4.78 is 2.36. The van der Waals surface area contributed by atoms with Crippen molar-refractivity contribution in [2.24, 2.45) is 0 Å². The summed E-state index contributed by atoms with van der Waals surface area (Å²) in [5.41, 5.74) is 14.2. The van der Waals surface area contributed by atoms with E-state index >= 15 is 0 Å². The Morgan fingerprint density at radius 2 is 0.778 bits per heavy atom. The zero-order valence-electron chi connectivity index (χ0n) is 29.7. The smallest absolute Gasteiger partial charge is 0.0541 e. The fourth-order valence-electron chi connectivity index (χ4n) is 7.96. The van der Waals surface area contributed by atoms with Gasteiger partial charge in [-0.3, -0.25) is 0 Å². The van der Waals surface area contributed by atoms with Crippen LogP contribution < -0.4 is 4.90 Å². The van der Waals surface area contributed by atoms with E-state index in [1.807, 2.05) is 0 Å². The summed E-state index contributed by atoms with van der Waals surface area (Å²) in [4.78, 5) is 2.32. The topological polar surface area (TPSA) is 8.17 Å². The first kappa shape index (κ1) is 31.6. The number of benzene rings is 9. The lowest BCUT2D eigenvalue weighted by Crippen LogP contribution is -2.09. The molecule has 1 aromatic heterocycles. The number of fused-ring (bicyclic) bond motifs is 4. The van der Waals surface area contributed by atoms with Gasteiger partial charge in [-0.25, -0.2) is 0 Å². The highest BCUT2D eigenvalue weighted by atomic mass is 15.1. The van der Waals surface area contributed by atoms with Gasteiger partial charge >= 0.3 is 0 Å². The van der Waals surface area contributed by atoms with Gasteiger partial charge in [-0.2, -0.15) is 0 Å². The summed E-state index contributed by atoms with van der Waals surface area (Å²) in [7, 11) is 0. The Kier molecular flexibility index (Phi) is 7.85. The van der Waals surface area contributed by atoms with Crippen molar-refractivity contribution in [1.82, 2.24) is 4.57 Å². The summed E-state index contributed by atoms with van der Waals surface area (Å²) in [5, 5.41) is 5.05. The fraction of sp³-hybridized carbons (Fsp3) is 0. The van der Waals surface area contributed by atoms with Gasteiger partial charge in [0.25, 0.3) is 0 Å². The normalized spacial score (nSPS) is 11.3. The van der Waals surface area contributed by atoms with E-state index in [2.05, 4.69) is 228 Å². The third-order valence-electron chi connectivity index (χ3n) is 10.6. The largest absolute Gasteiger partial charge is 0.311 e. The molecule has 1 heterocycles. The Morgan fingerprint density at radius 3 is 1.48 bits per heavy atom. The minimum absolute atomic E-state index is 1.11. The minimum atomic E-state index is 1.11. The van der Waals surface area contributed by atoms with Gasteiger partial charge in [-0.1, -0.05) is 152 Å². The van der Waals surface area contributed by atoms with Gasteiger partial charge in [-0.15, -0.1) is 0 Å². The van der Waals surface area contributed by atoms with E-state index in [0.717, 1.165) is 17.1 Å². The highest BCUT2D eigenvalue weighted by Crippen LogP contribution is 2.39. The van der Waals surface area contributed by atoms with Crippen molar-refractivity contribution in [2.75, 3.05) is 4.90 Å². The van der Waals surface area contributed by atoms with E-state index in [4.69, 9.17) is 0 Å². The maximum Gasteiger partial charge on any atom is 0.0541 e. The molecule has 0 fully saturated rings. The molecule has 0 aliphatic carbocycles. The second kappa shape index (κ2) is 13.4. The number of nitrogens with zero attached hydrogens (tertiary/aromatic N) is 2. The van der Waals surface area contributed by atoms with Crippen LogP contribution in [0.5, 0.6) is 0 Å². The average molecular weight is 689 g/mol. The number of rotatable bonds is 7. The molecule has 0 N–H and O–H groups in total. The lowest BCUT2D eigenvalue weighted by Gasteiger charge is -2.26. The molecule has 0 saturated heterocycles. The van der Waals surface area contributed by atoms with Crippen molar-refractivity contribution in [3.8, 4) is 39.1 Å². The molecule has 10 rings (SSSR count). The van der Waals surface area contributed by atoms with Crippen LogP contribution in [0.2, 0.25) is 0 Å². The number of para-hydroxylation sites is 3. The van der Waals surface area contributed by atoms with Crippen LogP contribution in [0.4, 0.5) is 17.1 Å². The molecule has 0 unspecified atom stereocenters. The van der Waals surface area contributed by atoms with Gasteiger partial charge < -0.3 is 9.47 Å². The quantitative estimate of drug-likeness (QED) is 0.162. The predicted octanol–water partition coefficient (Wildman–Crippen LogP) is 14.4. The third kappa shape index (κ3) is 5.62. The van der Waals surface area contributed by atoms with Crippen LogP contribution in [0, 0.1) is 0 Å². The summed E-state index contributed by atoms with van der Waals surface area (Å²) in [6.07, 6.45) is 0. The minimum Gasteiger partial charge on any atom is -0.311 e. The Hall–Kier alpha value is -7.16. The molecule has 10 aromatic rings. The molecular weight excluding hydrogens is 653 g/mol. The van der Waals surface area contributed by atoms with E-state index in [9.17, 15) is 0 Å². The molecule has 2 heteroatoms. The average Bonchev–Trinajstić information content (AvgIpc) is 3.59. The van der Waals surface area contributed by atoms with Gasteiger partial charge in [0, 0.05) is 33.5 Å². The monoisotopic (exact) mass is 688 g/mol. The first-order valence-electron chi connectivity index (χ1n) is 18.5. The van der Waals surface area contributed by atoms with Gasteiger partial charge in [0.2, 0.25) is 0 Å². The van der Waals surface area contributed by atoms with Crippen LogP contribution in [0.25, 0.3) is 71.6 Å². The Bertz CT molecular complexity index is 2880. The molecule has 0 saturated carbocycles. The molecule has 0 aliphatic heterocycles. The van der Waals surface area contributed by atoms with E-state index in [-0.39, 0.29) is 0 Å². The number of hydrogen-bond acceptors (Lipinski definition) is 1. The second-order valence-corrected chi connectivity index (χ2v) is 13.8. The SMILES string of the molecule is c1ccc(N(c2ccc(-c3ccc(-c4ccc5c(c4)c4ccccc4n5-c4ccccc4)cc3)cc2)c2ccc(-c3cccc4ccccc34)cc2)cc1. The molecule has 0 aliphatic rings. The standard InChI is InChI=1S/C52H36N2/c1-3-14-43(15-4-1)53(46-33-28-41(29-34-46)48-20-11-13-40-12-7-8-18-47(40)48)45-31-26-38(27-32-45)37-22-24-39(25-23-37)42-30-35-52-50(36-42)49-19-9-10-21-51(49)54(52)44-16-5-2-6-17-44/h1-36H. The zero-order valence-corrected chi connectivity index (χ0v) is 29.7. The van der Waals surface area contributed by atoms with Crippen molar-refractivity contribution in [3.05, 3.63) is 218 Å². The number of anilines is 3. The lowest BCUT2D eigenvalue weighted by molar-refractivity contribution is 1.18. The Labute approximate surface area is 315 Å².